The average molecular weight is 284 g/mol. The van der Waals surface area contributed by atoms with Gasteiger partial charge in [-0.2, -0.15) is 0 Å². The zero-order valence-electron chi connectivity index (χ0n) is 11.1. The van der Waals surface area contributed by atoms with Crippen molar-refractivity contribution < 1.29 is 9.53 Å². The smallest absolute Gasteiger partial charge is 0.226 e. The molecular formula is C12H20N4O2S. The van der Waals surface area contributed by atoms with Crippen LogP contribution in [0.15, 0.2) is 5.38 Å². The molecule has 19 heavy (non-hydrogen) atoms. The summed E-state index contributed by atoms with van der Waals surface area (Å²) in [4.78, 5) is 18.3. The third kappa shape index (κ3) is 4.77. The Kier molecular flexibility index (Phi) is 5.56. The molecule has 1 aliphatic rings. The van der Waals surface area contributed by atoms with Crippen LogP contribution in [0.25, 0.3) is 0 Å². The molecule has 2 N–H and O–H groups in total. The Labute approximate surface area is 117 Å². The molecule has 1 fully saturated rings. The van der Waals surface area contributed by atoms with E-state index in [0.717, 1.165) is 43.7 Å². The van der Waals surface area contributed by atoms with Crippen molar-refractivity contribution in [1.82, 2.24) is 15.2 Å². The predicted octanol–water partition coefficient (Wildman–Crippen LogP) is 0.176. The van der Waals surface area contributed by atoms with Crippen molar-refractivity contribution in [3.63, 3.8) is 0 Å². The lowest BCUT2D eigenvalue weighted by Gasteiger charge is -2.26. The second-order valence-electron chi connectivity index (χ2n) is 4.37. The van der Waals surface area contributed by atoms with E-state index >= 15 is 0 Å². The molecule has 1 aromatic rings. The fraction of sp³-hybridized carbons (Fsp3) is 0.667. The van der Waals surface area contributed by atoms with Gasteiger partial charge in [-0.05, 0) is 0 Å². The molecule has 0 unspecified atom stereocenters. The highest BCUT2D eigenvalue weighted by molar-refractivity contribution is 7.13. The summed E-state index contributed by atoms with van der Waals surface area (Å²) in [5.74, 6) is 0.0289. The predicted molar refractivity (Wildman–Crippen MR) is 75.6 cm³/mol. The maximum absolute atomic E-state index is 11.7. The van der Waals surface area contributed by atoms with Crippen molar-refractivity contribution in [2.24, 2.45) is 0 Å². The van der Waals surface area contributed by atoms with Gasteiger partial charge in [0.15, 0.2) is 5.13 Å². The molecule has 7 heteroatoms. The maximum atomic E-state index is 11.7. The van der Waals surface area contributed by atoms with Gasteiger partial charge >= 0.3 is 0 Å². The van der Waals surface area contributed by atoms with Crippen LogP contribution in [0.3, 0.4) is 0 Å². The number of amides is 1. The number of nitrogens with zero attached hydrogens (tertiary/aromatic N) is 2. The molecule has 1 amide bonds. The summed E-state index contributed by atoms with van der Waals surface area (Å²) in [5.41, 5.74) is 0.818. The van der Waals surface area contributed by atoms with E-state index in [0.29, 0.717) is 13.0 Å². The van der Waals surface area contributed by atoms with E-state index in [1.165, 1.54) is 11.3 Å². The number of carbonyl (C=O) groups is 1. The van der Waals surface area contributed by atoms with Crippen LogP contribution < -0.4 is 10.6 Å². The Balaban J connectivity index is 1.63. The lowest BCUT2D eigenvalue weighted by Crippen LogP contribution is -2.41. The molecule has 6 nitrogen and oxygen atoms in total. The summed E-state index contributed by atoms with van der Waals surface area (Å²) in [6.45, 7) is 5.05. The number of hydrogen-bond acceptors (Lipinski definition) is 6. The molecule has 106 valence electrons. The van der Waals surface area contributed by atoms with E-state index in [2.05, 4.69) is 20.5 Å². The van der Waals surface area contributed by atoms with Gasteiger partial charge in [0.05, 0.1) is 25.3 Å². The van der Waals surface area contributed by atoms with Gasteiger partial charge in [0.1, 0.15) is 0 Å². The molecular weight excluding hydrogens is 264 g/mol. The number of nitrogens with one attached hydrogen (secondary N) is 2. The van der Waals surface area contributed by atoms with Crippen LogP contribution in [0.4, 0.5) is 5.13 Å². The summed E-state index contributed by atoms with van der Waals surface area (Å²) in [7, 11) is 1.82. The summed E-state index contributed by atoms with van der Waals surface area (Å²) in [6, 6.07) is 0. The molecule has 1 saturated heterocycles. The minimum atomic E-state index is 0.0289. The number of aromatic nitrogens is 1. The van der Waals surface area contributed by atoms with Crippen molar-refractivity contribution in [3.8, 4) is 0 Å². The van der Waals surface area contributed by atoms with Crippen molar-refractivity contribution in [3.05, 3.63) is 11.1 Å². The van der Waals surface area contributed by atoms with E-state index in [1.807, 2.05) is 12.4 Å². The summed E-state index contributed by atoms with van der Waals surface area (Å²) in [5, 5.41) is 8.65. The SMILES string of the molecule is CNc1nc(CC(=O)NCCN2CCOCC2)cs1. The van der Waals surface area contributed by atoms with Crippen LogP contribution in [0.5, 0.6) is 0 Å². The second-order valence-corrected chi connectivity index (χ2v) is 5.23. The van der Waals surface area contributed by atoms with Crippen LogP contribution >= 0.6 is 11.3 Å². The molecule has 0 aliphatic carbocycles. The van der Waals surface area contributed by atoms with Gasteiger partial charge in [-0.1, -0.05) is 0 Å². The third-order valence-corrected chi connectivity index (χ3v) is 3.87. The molecule has 2 heterocycles. The first-order chi connectivity index (χ1) is 9.28. The standard InChI is InChI=1S/C12H20N4O2S/c1-13-12-15-10(9-19-12)8-11(17)14-2-3-16-4-6-18-7-5-16/h9H,2-8H2,1H3,(H,13,15)(H,14,17). The Bertz CT molecular complexity index is 404. The summed E-state index contributed by atoms with van der Waals surface area (Å²) < 4.78 is 5.28. The number of ether oxygens (including phenoxy) is 1. The highest BCUT2D eigenvalue weighted by Gasteiger charge is 2.11. The quantitative estimate of drug-likeness (QED) is 0.780. The van der Waals surface area contributed by atoms with E-state index in [4.69, 9.17) is 4.74 Å². The van der Waals surface area contributed by atoms with Crippen LogP contribution in [0.1, 0.15) is 5.69 Å². The van der Waals surface area contributed by atoms with E-state index in [9.17, 15) is 4.79 Å². The molecule has 0 atom stereocenters. The monoisotopic (exact) mass is 284 g/mol. The minimum absolute atomic E-state index is 0.0289. The van der Waals surface area contributed by atoms with Crippen molar-refractivity contribution >= 4 is 22.4 Å². The van der Waals surface area contributed by atoms with E-state index < -0.39 is 0 Å². The van der Waals surface area contributed by atoms with Gasteiger partial charge in [0, 0.05) is 38.6 Å². The molecule has 0 spiro atoms. The largest absolute Gasteiger partial charge is 0.379 e. The second kappa shape index (κ2) is 7.42. The summed E-state index contributed by atoms with van der Waals surface area (Å²) >= 11 is 1.51. The molecule has 0 radical (unpaired) electrons. The number of thiazole rings is 1. The van der Waals surface area contributed by atoms with Crippen LogP contribution in [0, 0.1) is 0 Å². The van der Waals surface area contributed by atoms with Gasteiger partial charge < -0.3 is 15.4 Å². The van der Waals surface area contributed by atoms with Crippen molar-refractivity contribution in [2.45, 2.75) is 6.42 Å². The van der Waals surface area contributed by atoms with E-state index in [1.54, 1.807) is 0 Å². The molecule has 2 rings (SSSR count). The van der Waals surface area contributed by atoms with E-state index in [-0.39, 0.29) is 5.91 Å². The normalized spacial score (nSPS) is 16.3. The molecule has 0 saturated carbocycles. The topological polar surface area (TPSA) is 66.5 Å². The number of rotatable bonds is 6. The molecule has 1 aliphatic heterocycles. The highest BCUT2D eigenvalue weighted by Crippen LogP contribution is 2.14. The Morgan fingerprint density at radius 3 is 3.00 bits per heavy atom. The van der Waals surface area contributed by atoms with Crippen molar-refractivity contribution in [2.75, 3.05) is 51.8 Å². The van der Waals surface area contributed by atoms with Crippen molar-refractivity contribution in [1.29, 1.82) is 0 Å². The van der Waals surface area contributed by atoms with Crippen LogP contribution in [0.2, 0.25) is 0 Å². The lowest BCUT2D eigenvalue weighted by atomic mass is 10.3. The van der Waals surface area contributed by atoms with Crippen LogP contribution in [-0.4, -0.2) is 62.2 Å². The first-order valence-electron chi connectivity index (χ1n) is 6.47. The number of morpholine rings is 1. The fourth-order valence-electron chi connectivity index (χ4n) is 1.91. The fourth-order valence-corrected chi connectivity index (χ4v) is 2.58. The average Bonchev–Trinajstić information content (AvgIpc) is 2.87. The zero-order chi connectivity index (χ0) is 13.5. The molecule has 1 aromatic heterocycles. The molecule has 0 bridgehead atoms. The summed E-state index contributed by atoms with van der Waals surface area (Å²) in [6.07, 6.45) is 0.349. The highest BCUT2D eigenvalue weighted by atomic mass is 32.1. The number of anilines is 1. The van der Waals surface area contributed by atoms with Gasteiger partial charge in [-0.15, -0.1) is 11.3 Å². The Hall–Kier alpha value is -1.18. The first-order valence-corrected chi connectivity index (χ1v) is 7.35. The third-order valence-electron chi connectivity index (χ3n) is 2.96. The number of hydrogen-bond donors (Lipinski definition) is 2. The van der Waals surface area contributed by atoms with Gasteiger partial charge in [-0.3, -0.25) is 9.69 Å². The lowest BCUT2D eigenvalue weighted by molar-refractivity contribution is -0.120. The van der Waals surface area contributed by atoms with Gasteiger partial charge in [0.25, 0.3) is 0 Å². The Morgan fingerprint density at radius 2 is 2.32 bits per heavy atom. The number of carbonyl (C=O) groups excluding carboxylic acids is 1. The molecule has 0 aromatic carbocycles. The minimum Gasteiger partial charge on any atom is -0.379 e. The van der Waals surface area contributed by atoms with Gasteiger partial charge in [-0.25, -0.2) is 4.98 Å². The Morgan fingerprint density at radius 1 is 1.53 bits per heavy atom. The van der Waals surface area contributed by atoms with Crippen LogP contribution in [-0.2, 0) is 16.0 Å². The first kappa shape index (κ1) is 14.2. The van der Waals surface area contributed by atoms with Gasteiger partial charge in [0.2, 0.25) is 5.91 Å². The maximum Gasteiger partial charge on any atom is 0.226 e. The zero-order valence-corrected chi connectivity index (χ0v) is 12.0.